The molecule has 0 rings (SSSR count). The smallest absolute Gasteiger partial charge is 0.303 e. The van der Waals surface area contributed by atoms with E-state index in [0.29, 0.717) is 13.0 Å². The average Bonchev–Trinajstić information content (AvgIpc) is 2.59. The Morgan fingerprint density at radius 1 is 0.963 bits per heavy atom. The predicted molar refractivity (Wildman–Crippen MR) is 96.4 cm³/mol. The summed E-state index contributed by atoms with van der Waals surface area (Å²) in [5.74, 6) is -3.28. The highest BCUT2D eigenvalue weighted by Crippen LogP contribution is 1.99. The van der Waals surface area contributed by atoms with Crippen LogP contribution >= 0.6 is 0 Å². The molecule has 0 aromatic heterocycles. The molecule has 0 saturated carbocycles. The molecule has 0 spiro atoms. The largest absolute Gasteiger partial charge is 0.481 e. The number of carboxylic acid groups (broad SMARTS) is 1. The fourth-order valence-corrected chi connectivity index (χ4v) is 2.10. The van der Waals surface area contributed by atoms with Gasteiger partial charge in [-0.25, -0.2) is 0 Å². The topological polar surface area (TPSA) is 180 Å². The lowest BCUT2D eigenvalue weighted by atomic mass is 10.1. The van der Waals surface area contributed by atoms with Gasteiger partial charge < -0.3 is 32.1 Å². The van der Waals surface area contributed by atoms with Crippen molar-refractivity contribution in [2.75, 3.05) is 19.6 Å². The Bertz CT molecular complexity index is 539. The minimum Gasteiger partial charge on any atom is -0.481 e. The first-order valence-corrected chi connectivity index (χ1v) is 8.68. The molecule has 0 bridgehead atoms. The number of carboxylic acids is 1. The van der Waals surface area contributed by atoms with Crippen LogP contribution in [-0.4, -0.2) is 66.4 Å². The van der Waals surface area contributed by atoms with E-state index in [4.69, 9.17) is 10.8 Å². The van der Waals surface area contributed by atoms with Crippen molar-refractivity contribution in [3.05, 3.63) is 0 Å². The van der Waals surface area contributed by atoms with E-state index < -0.39 is 35.6 Å². The summed E-state index contributed by atoms with van der Waals surface area (Å²) in [5.41, 5.74) is 5.40. The van der Waals surface area contributed by atoms with E-state index in [9.17, 15) is 24.0 Å². The molecule has 0 radical (unpaired) electrons. The molecule has 7 N–H and O–H groups in total. The van der Waals surface area contributed by atoms with Crippen molar-refractivity contribution in [2.45, 2.75) is 51.6 Å². The molecule has 0 aliphatic heterocycles. The van der Waals surface area contributed by atoms with Gasteiger partial charge in [0.1, 0.15) is 6.04 Å². The van der Waals surface area contributed by atoms with Gasteiger partial charge in [0.15, 0.2) is 0 Å². The van der Waals surface area contributed by atoms with Gasteiger partial charge in [0.05, 0.1) is 13.1 Å². The monoisotopic (exact) mass is 387 g/mol. The highest BCUT2D eigenvalue weighted by molar-refractivity contribution is 5.92. The summed E-state index contributed by atoms with van der Waals surface area (Å²) in [4.78, 5) is 57.3. The molecule has 0 saturated heterocycles. The molecule has 0 aliphatic rings. The first-order valence-electron chi connectivity index (χ1n) is 8.68. The fourth-order valence-electron chi connectivity index (χ4n) is 2.10. The summed E-state index contributed by atoms with van der Waals surface area (Å²) in [5, 5.41) is 18.4. The number of carbonyl (C=O) groups is 5. The third-order valence-electron chi connectivity index (χ3n) is 3.47. The SMILES string of the molecule is CC(=O)NCC(=O)N[C@H](CCC(=O)O)C(=O)NCC(=O)N[C@H](C)CCCN. The molecule has 11 heteroatoms. The van der Waals surface area contributed by atoms with Crippen molar-refractivity contribution in [3.8, 4) is 0 Å². The predicted octanol–water partition coefficient (Wildman–Crippen LogP) is -2.17. The van der Waals surface area contributed by atoms with Gasteiger partial charge in [-0.1, -0.05) is 0 Å². The van der Waals surface area contributed by atoms with Crippen LogP contribution in [0.5, 0.6) is 0 Å². The molecule has 2 atom stereocenters. The Morgan fingerprint density at radius 2 is 1.56 bits per heavy atom. The normalized spacial score (nSPS) is 12.4. The third kappa shape index (κ3) is 13.2. The van der Waals surface area contributed by atoms with E-state index in [1.54, 1.807) is 0 Å². The molecule has 0 aromatic rings. The molecule has 0 heterocycles. The molecular weight excluding hydrogens is 358 g/mol. The maximum Gasteiger partial charge on any atom is 0.303 e. The summed E-state index contributed by atoms with van der Waals surface area (Å²) in [6.45, 7) is 2.91. The number of nitrogens with two attached hydrogens (primary N) is 1. The Kier molecular flexibility index (Phi) is 12.2. The number of nitrogens with one attached hydrogen (secondary N) is 4. The number of hydrogen-bond acceptors (Lipinski definition) is 6. The second-order valence-electron chi connectivity index (χ2n) is 6.08. The zero-order chi connectivity index (χ0) is 20.8. The summed E-state index contributed by atoms with van der Waals surface area (Å²) in [6, 6.07) is -1.23. The number of carbonyl (C=O) groups excluding carboxylic acids is 4. The van der Waals surface area contributed by atoms with E-state index >= 15 is 0 Å². The van der Waals surface area contributed by atoms with Crippen LogP contribution in [0.3, 0.4) is 0 Å². The summed E-state index contributed by atoms with van der Waals surface area (Å²) in [7, 11) is 0. The van der Waals surface area contributed by atoms with Crippen molar-refractivity contribution in [2.24, 2.45) is 5.73 Å². The van der Waals surface area contributed by atoms with Gasteiger partial charge in [-0.2, -0.15) is 0 Å². The molecule has 0 unspecified atom stereocenters. The zero-order valence-electron chi connectivity index (χ0n) is 15.7. The first-order chi connectivity index (χ1) is 12.6. The maximum absolute atomic E-state index is 12.2. The van der Waals surface area contributed by atoms with Gasteiger partial charge in [-0.05, 0) is 32.7 Å². The van der Waals surface area contributed by atoms with E-state index in [-0.39, 0.29) is 32.0 Å². The Morgan fingerprint density at radius 3 is 2.11 bits per heavy atom. The van der Waals surface area contributed by atoms with E-state index in [1.807, 2.05) is 6.92 Å². The lowest BCUT2D eigenvalue weighted by Crippen LogP contribution is -2.51. The molecule has 0 aliphatic carbocycles. The fraction of sp³-hybridized carbons (Fsp3) is 0.688. The summed E-state index contributed by atoms with van der Waals surface area (Å²) < 4.78 is 0. The van der Waals surface area contributed by atoms with E-state index in [1.165, 1.54) is 6.92 Å². The van der Waals surface area contributed by atoms with Crippen molar-refractivity contribution in [1.29, 1.82) is 0 Å². The molecule has 0 fully saturated rings. The van der Waals surface area contributed by atoms with Crippen molar-refractivity contribution in [1.82, 2.24) is 21.3 Å². The van der Waals surface area contributed by atoms with Gasteiger partial charge in [0, 0.05) is 19.4 Å². The zero-order valence-corrected chi connectivity index (χ0v) is 15.7. The third-order valence-corrected chi connectivity index (χ3v) is 3.47. The highest BCUT2D eigenvalue weighted by Gasteiger charge is 2.22. The minimum atomic E-state index is -1.13. The quantitative estimate of drug-likeness (QED) is 0.208. The molecule has 154 valence electrons. The summed E-state index contributed by atoms with van der Waals surface area (Å²) >= 11 is 0. The molecule has 27 heavy (non-hydrogen) atoms. The lowest BCUT2D eigenvalue weighted by molar-refractivity contribution is -0.138. The molecular formula is C16H29N5O6. The molecule has 11 nitrogen and oxygen atoms in total. The highest BCUT2D eigenvalue weighted by atomic mass is 16.4. The average molecular weight is 387 g/mol. The van der Waals surface area contributed by atoms with Gasteiger partial charge >= 0.3 is 5.97 Å². The number of aliphatic carboxylic acids is 1. The standard InChI is InChI=1S/C16H29N5O6/c1-10(4-3-7-17)20-13(23)9-19-16(27)12(5-6-15(25)26)21-14(24)8-18-11(2)22/h10,12H,3-9,17H2,1-2H3,(H,18,22)(H,19,27)(H,20,23)(H,21,24)(H,25,26)/t10-,12-/m1/s1. The Balaban J connectivity index is 4.55. The van der Waals surface area contributed by atoms with E-state index in [2.05, 4.69) is 21.3 Å². The van der Waals surface area contributed by atoms with Crippen molar-refractivity contribution < 1.29 is 29.1 Å². The van der Waals surface area contributed by atoms with Crippen LogP contribution in [0.1, 0.15) is 39.5 Å². The second-order valence-corrected chi connectivity index (χ2v) is 6.08. The van der Waals surface area contributed by atoms with Gasteiger partial charge in [-0.3, -0.25) is 24.0 Å². The molecule has 4 amide bonds. The maximum atomic E-state index is 12.2. The van der Waals surface area contributed by atoms with Crippen LogP contribution in [0.2, 0.25) is 0 Å². The van der Waals surface area contributed by atoms with Crippen LogP contribution in [-0.2, 0) is 24.0 Å². The number of amides is 4. The minimum absolute atomic E-state index is 0.0990. The van der Waals surface area contributed by atoms with Crippen LogP contribution in [0.15, 0.2) is 0 Å². The first kappa shape index (κ1) is 24.3. The van der Waals surface area contributed by atoms with E-state index in [0.717, 1.165) is 6.42 Å². The second kappa shape index (κ2) is 13.5. The van der Waals surface area contributed by atoms with Crippen molar-refractivity contribution in [3.63, 3.8) is 0 Å². The Labute approximate surface area is 157 Å². The molecule has 0 aromatic carbocycles. The van der Waals surface area contributed by atoms with Crippen LogP contribution in [0, 0.1) is 0 Å². The van der Waals surface area contributed by atoms with Crippen LogP contribution in [0.25, 0.3) is 0 Å². The van der Waals surface area contributed by atoms with Crippen LogP contribution in [0.4, 0.5) is 0 Å². The number of hydrogen-bond donors (Lipinski definition) is 6. The van der Waals surface area contributed by atoms with Gasteiger partial charge in [0.2, 0.25) is 23.6 Å². The lowest BCUT2D eigenvalue weighted by Gasteiger charge is -2.18. The van der Waals surface area contributed by atoms with Gasteiger partial charge in [-0.15, -0.1) is 0 Å². The van der Waals surface area contributed by atoms with Crippen LogP contribution < -0.4 is 27.0 Å². The number of rotatable bonds is 13. The summed E-state index contributed by atoms with van der Waals surface area (Å²) in [6.07, 6.45) is 0.963. The van der Waals surface area contributed by atoms with Gasteiger partial charge in [0.25, 0.3) is 0 Å². The Hall–Kier alpha value is -2.69. The van der Waals surface area contributed by atoms with Crippen molar-refractivity contribution >= 4 is 29.6 Å².